The number of hydrogen-bond acceptors (Lipinski definition) is 1. The third-order valence-corrected chi connectivity index (χ3v) is 0.571. The van der Waals surface area contributed by atoms with Crippen molar-refractivity contribution in [3.8, 4) is 0 Å². The Hall–Kier alpha value is -0.0400. The van der Waals surface area contributed by atoms with E-state index >= 15 is 0 Å². The fourth-order valence-corrected chi connectivity index (χ4v) is 0.279. The van der Waals surface area contributed by atoms with Gasteiger partial charge in [0.1, 0.15) is 0 Å². The molecular weight excluding hydrogens is 74.1 g/mol. The van der Waals surface area contributed by atoms with Crippen LogP contribution in [0.1, 0.15) is 13.3 Å². The maximum Gasteiger partial charge on any atom is -0.00462 e. The van der Waals surface area contributed by atoms with Crippen LogP contribution in [0.4, 0.5) is 0 Å². The smallest absolute Gasteiger partial charge is 0.00462 e. The van der Waals surface area contributed by atoms with E-state index < -0.39 is 0 Å². The SMILES string of the molecule is [CH]CCNCC. The molecule has 0 rings (SSSR count). The molecule has 1 nitrogen and oxygen atoms in total. The van der Waals surface area contributed by atoms with E-state index in [-0.39, 0.29) is 0 Å². The average molecular weight is 85.2 g/mol. The van der Waals surface area contributed by atoms with Gasteiger partial charge >= 0.3 is 0 Å². The zero-order valence-corrected chi connectivity index (χ0v) is 4.20. The minimum atomic E-state index is 0.744. The summed E-state index contributed by atoms with van der Waals surface area (Å²) in [6.07, 6.45) is 0.744. The van der Waals surface area contributed by atoms with E-state index in [0.29, 0.717) is 0 Å². The fraction of sp³-hybridized carbons (Fsp3) is 0.800. The van der Waals surface area contributed by atoms with Crippen LogP contribution in [0.5, 0.6) is 0 Å². The molecule has 0 heterocycles. The Morgan fingerprint density at radius 2 is 2.33 bits per heavy atom. The Kier molecular flexibility index (Phi) is 4.93. The first-order chi connectivity index (χ1) is 2.91. The number of nitrogens with one attached hydrogen (secondary N) is 1. The Bertz CT molecular complexity index is 15.9. The van der Waals surface area contributed by atoms with Crippen molar-refractivity contribution in [2.75, 3.05) is 13.1 Å². The average Bonchev–Trinajstić information content (AvgIpc) is 1.61. The van der Waals surface area contributed by atoms with Crippen LogP contribution in [-0.4, -0.2) is 13.1 Å². The maximum atomic E-state index is 5.15. The molecule has 0 saturated heterocycles. The predicted molar refractivity (Wildman–Crippen MR) is 27.5 cm³/mol. The summed E-state index contributed by atoms with van der Waals surface area (Å²) in [6, 6.07) is 0. The third kappa shape index (κ3) is 3.96. The van der Waals surface area contributed by atoms with Crippen LogP contribution in [0.3, 0.4) is 0 Å². The minimum absolute atomic E-state index is 0.744. The van der Waals surface area contributed by atoms with Gasteiger partial charge in [0.15, 0.2) is 0 Å². The first-order valence-electron chi connectivity index (χ1n) is 2.32. The molecule has 36 valence electrons. The molecule has 0 atom stereocenters. The quantitative estimate of drug-likeness (QED) is 0.497. The van der Waals surface area contributed by atoms with Crippen LogP contribution in [-0.2, 0) is 0 Å². The lowest BCUT2D eigenvalue weighted by atomic mass is 10.5. The van der Waals surface area contributed by atoms with Gasteiger partial charge in [0, 0.05) is 0 Å². The normalized spacial score (nSPS) is 9.00. The molecule has 1 N–H and O–H groups in total. The summed E-state index contributed by atoms with van der Waals surface area (Å²) in [4.78, 5) is 0. The van der Waals surface area contributed by atoms with E-state index in [4.69, 9.17) is 6.92 Å². The standard InChI is InChI=1S/C5H11N/c1-3-5-6-4-2/h1,6H,3-5H2,2H3. The van der Waals surface area contributed by atoms with Gasteiger partial charge in [0.25, 0.3) is 0 Å². The zero-order chi connectivity index (χ0) is 4.83. The largest absolute Gasteiger partial charge is 0.317 e. The summed E-state index contributed by atoms with van der Waals surface area (Å²) in [5.74, 6) is 0. The number of rotatable bonds is 3. The topological polar surface area (TPSA) is 12.0 Å². The van der Waals surface area contributed by atoms with Crippen LogP contribution in [0.2, 0.25) is 0 Å². The van der Waals surface area contributed by atoms with Crippen molar-refractivity contribution in [1.29, 1.82) is 0 Å². The highest BCUT2D eigenvalue weighted by molar-refractivity contribution is 4.42. The lowest BCUT2D eigenvalue weighted by molar-refractivity contribution is 0.725. The molecule has 0 aliphatic heterocycles. The molecular formula is C5H11N. The van der Waals surface area contributed by atoms with Gasteiger partial charge in [-0.3, -0.25) is 0 Å². The fourth-order valence-electron chi connectivity index (χ4n) is 0.279. The summed E-state index contributed by atoms with van der Waals surface area (Å²) in [6.45, 7) is 9.18. The van der Waals surface area contributed by atoms with Gasteiger partial charge in [0.05, 0.1) is 0 Å². The van der Waals surface area contributed by atoms with Crippen LogP contribution in [0.15, 0.2) is 0 Å². The predicted octanol–water partition coefficient (Wildman–Crippen LogP) is 0.697. The van der Waals surface area contributed by atoms with E-state index in [2.05, 4.69) is 12.2 Å². The van der Waals surface area contributed by atoms with Crippen LogP contribution in [0.25, 0.3) is 0 Å². The lowest BCUT2D eigenvalue weighted by Crippen LogP contribution is -2.12. The number of hydrogen-bond donors (Lipinski definition) is 1. The molecule has 0 spiro atoms. The van der Waals surface area contributed by atoms with E-state index in [9.17, 15) is 0 Å². The minimum Gasteiger partial charge on any atom is -0.317 e. The van der Waals surface area contributed by atoms with Crippen molar-refractivity contribution in [3.63, 3.8) is 0 Å². The molecule has 6 heavy (non-hydrogen) atoms. The Morgan fingerprint density at radius 1 is 1.67 bits per heavy atom. The molecule has 2 radical (unpaired) electrons. The highest BCUT2D eigenvalue weighted by Gasteiger charge is 1.71. The van der Waals surface area contributed by atoms with Gasteiger partial charge in [-0.25, -0.2) is 0 Å². The summed E-state index contributed by atoms with van der Waals surface area (Å²) in [5.41, 5.74) is 0. The van der Waals surface area contributed by atoms with E-state index in [0.717, 1.165) is 19.5 Å². The first-order valence-corrected chi connectivity index (χ1v) is 2.32. The van der Waals surface area contributed by atoms with Crippen LogP contribution < -0.4 is 5.32 Å². The van der Waals surface area contributed by atoms with E-state index in [1.807, 2.05) is 0 Å². The molecule has 0 bridgehead atoms. The summed E-state index contributed by atoms with van der Waals surface area (Å²) < 4.78 is 0. The van der Waals surface area contributed by atoms with Gasteiger partial charge in [-0.2, -0.15) is 0 Å². The molecule has 0 aromatic heterocycles. The molecule has 0 aromatic carbocycles. The summed E-state index contributed by atoms with van der Waals surface area (Å²) in [7, 11) is 0. The highest BCUT2D eigenvalue weighted by Crippen LogP contribution is 1.64. The van der Waals surface area contributed by atoms with Crippen molar-refractivity contribution >= 4 is 0 Å². The molecule has 0 unspecified atom stereocenters. The second kappa shape index (κ2) is 4.96. The van der Waals surface area contributed by atoms with E-state index in [1.54, 1.807) is 0 Å². The van der Waals surface area contributed by atoms with Gasteiger partial charge < -0.3 is 5.32 Å². The summed E-state index contributed by atoms with van der Waals surface area (Å²) in [5, 5.41) is 3.07. The van der Waals surface area contributed by atoms with Crippen molar-refractivity contribution < 1.29 is 0 Å². The van der Waals surface area contributed by atoms with Gasteiger partial charge in [0.2, 0.25) is 0 Å². The molecule has 0 fully saturated rings. The lowest BCUT2D eigenvalue weighted by Gasteiger charge is -1.91. The molecule has 1 heteroatoms. The van der Waals surface area contributed by atoms with Gasteiger partial charge in [-0.15, -0.1) is 0 Å². The second-order valence-corrected chi connectivity index (χ2v) is 1.14. The molecule has 0 aliphatic carbocycles. The highest BCUT2D eigenvalue weighted by atomic mass is 14.8. The monoisotopic (exact) mass is 85.1 g/mol. The van der Waals surface area contributed by atoms with Crippen LogP contribution >= 0.6 is 0 Å². The van der Waals surface area contributed by atoms with Gasteiger partial charge in [-0.05, 0) is 26.4 Å². The molecule has 0 aromatic rings. The molecule has 0 saturated carbocycles. The summed E-state index contributed by atoms with van der Waals surface area (Å²) >= 11 is 0. The molecule has 0 amide bonds. The Labute approximate surface area is 39.7 Å². The Morgan fingerprint density at radius 3 is 2.50 bits per heavy atom. The Balaban J connectivity index is 2.34. The van der Waals surface area contributed by atoms with E-state index in [1.165, 1.54) is 0 Å². The van der Waals surface area contributed by atoms with Crippen molar-refractivity contribution in [2.24, 2.45) is 0 Å². The van der Waals surface area contributed by atoms with Crippen molar-refractivity contribution in [2.45, 2.75) is 13.3 Å². The first kappa shape index (κ1) is 5.96. The second-order valence-electron chi connectivity index (χ2n) is 1.14. The third-order valence-electron chi connectivity index (χ3n) is 0.571. The molecule has 0 aliphatic rings. The van der Waals surface area contributed by atoms with Crippen molar-refractivity contribution in [1.82, 2.24) is 5.32 Å². The van der Waals surface area contributed by atoms with Crippen molar-refractivity contribution in [3.05, 3.63) is 6.92 Å². The zero-order valence-electron chi connectivity index (χ0n) is 4.20. The van der Waals surface area contributed by atoms with Crippen LogP contribution in [0, 0.1) is 6.92 Å². The maximum absolute atomic E-state index is 5.15. The van der Waals surface area contributed by atoms with Gasteiger partial charge in [-0.1, -0.05) is 6.92 Å².